The minimum Gasteiger partial charge on any atom is -0.372 e. The number of likely N-dealkylation sites (N-methyl/N-ethyl adjacent to an activating group) is 1. The number of thiazole rings is 1. The molecule has 0 aliphatic rings. The van der Waals surface area contributed by atoms with Crippen molar-refractivity contribution in [3.05, 3.63) is 66.9 Å². The molecule has 3 aromatic rings. The van der Waals surface area contributed by atoms with E-state index in [1.165, 1.54) is 4.68 Å². The molecule has 0 aliphatic carbocycles. The highest BCUT2D eigenvalue weighted by Gasteiger charge is 2.14. The number of nitrogens with zero attached hydrogens (tertiary/aromatic N) is 4. The van der Waals surface area contributed by atoms with E-state index >= 15 is 0 Å². The molecule has 8 heteroatoms. The first-order valence-electron chi connectivity index (χ1n) is 7.61. The SMILES string of the molecule is Cc1ccc(-n2ncc(N(C)CCc3nccs3)c(Cl)c2=O)cc1Cl. The second-order valence-electron chi connectivity index (χ2n) is 5.59. The minimum atomic E-state index is -0.375. The maximum atomic E-state index is 12.6. The van der Waals surface area contributed by atoms with E-state index in [-0.39, 0.29) is 10.6 Å². The van der Waals surface area contributed by atoms with Gasteiger partial charge in [-0.05, 0) is 24.6 Å². The van der Waals surface area contributed by atoms with Gasteiger partial charge in [0.2, 0.25) is 0 Å². The zero-order chi connectivity index (χ0) is 18.0. The molecule has 0 radical (unpaired) electrons. The van der Waals surface area contributed by atoms with Crippen molar-refractivity contribution in [3.63, 3.8) is 0 Å². The summed E-state index contributed by atoms with van der Waals surface area (Å²) in [6.07, 6.45) is 4.16. The molecule has 2 heterocycles. The van der Waals surface area contributed by atoms with E-state index < -0.39 is 0 Å². The normalized spacial score (nSPS) is 10.9. The number of rotatable bonds is 5. The second-order valence-corrected chi connectivity index (χ2v) is 7.36. The van der Waals surface area contributed by atoms with Gasteiger partial charge in [-0.3, -0.25) is 4.79 Å². The lowest BCUT2D eigenvalue weighted by molar-refractivity contribution is 0.790. The lowest BCUT2D eigenvalue weighted by atomic mass is 10.2. The number of aryl methyl sites for hydroxylation is 1. The van der Waals surface area contributed by atoms with E-state index in [0.29, 0.717) is 22.9 Å². The fourth-order valence-corrected chi connectivity index (χ4v) is 3.41. The monoisotopic (exact) mass is 394 g/mol. The molecule has 0 N–H and O–H groups in total. The highest BCUT2D eigenvalue weighted by Crippen LogP contribution is 2.22. The van der Waals surface area contributed by atoms with Crippen LogP contribution in [0.1, 0.15) is 10.6 Å². The van der Waals surface area contributed by atoms with Crippen molar-refractivity contribution in [3.8, 4) is 5.69 Å². The average Bonchev–Trinajstić information content (AvgIpc) is 3.11. The van der Waals surface area contributed by atoms with Crippen LogP contribution in [-0.4, -0.2) is 28.4 Å². The van der Waals surface area contributed by atoms with Crippen LogP contribution in [0.2, 0.25) is 10.0 Å². The molecule has 0 bridgehead atoms. The van der Waals surface area contributed by atoms with Gasteiger partial charge in [-0.15, -0.1) is 11.3 Å². The van der Waals surface area contributed by atoms with Gasteiger partial charge >= 0.3 is 0 Å². The first-order valence-corrected chi connectivity index (χ1v) is 9.25. The highest BCUT2D eigenvalue weighted by molar-refractivity contribution is 7.09. The molecule has 0 saturated carbocycles. The predicted molar refractivity (Wildman–Crippen MR) is 104 cm³/mol. The summed E-state index contributed by atoms with van der Waals surface area (Å²) in [5.74, 6) is 0. The molecular weight excluding hydrogens is 379 g/mol. The van der Waals surface area contributed by atoms with E-state index in [4.69, 9.17) is 23.2 Å². The van der Waals surface area contributed by atoms with Crippen molar-refractivity contribution < 1.29 is 0 Å². The molecule has 0 atom stereocenters. The van der Waals surface area contributed by atoms with Crippen LogP contribution in [0, 0.1) is 6.92 Å². The van der Waals surface area contributed by atoms with Gasteiger partial charge in [0.15, 0.2) is 0 Å². The Morgan fingerprint density at radius 2 is 2.12 bits per heavy atom. The number of hydrogen-bond donors (Lipinski definition) is 0. The third-order valence-electron chi connectivity index (χ3n) is 3.86. The van der Waals surface area contributed by atoms with Gasteiger partial charge in [0.1, 0.15) is 5.02 Å². The van der Waals surface area contributed by atoms with Crippen LogP contribution in [0.3, 0.4) is 0 Å². The largest absolute Gasteiger partial charge is 0.372 e. The summed E-state index contributed by atoms with van der Waals surface area (Å²) in [4.78, 5) is 18.8. The first kappa shape index (κ1) is 17.9. The number of anilines is 1. The van der Waals surface area contributed by atoms with Crippen molar-refractivity contribution in [2.24, 2.45) is 0 Å². The van der Waals surface area contributed by atoms with E-state index in [9.17, 15) is 4.79 Å². The Morgan fingerprint density at radius 3 is 2.80 bits per heavy atom. The number of benzene rings is 1. The van der Waals surface area contributed by atoms with Crippen LogP contribution in [0.25, 0.3) is 5.69 Å². The molecule has 130 valence electrons. The number of aromatic nitrogens is 3. The lowest BCUT2D eigenvalue weighted by Crippen LogP contribution is -2.27. The smallest absolute Gasteiger partial charge is 0.292 e. The Morgan fingerprint density at radius 1 is 1.32 bits per heavy atom. The third-order valence-corrected chi connectivity index (χ3v) is 5.46. The van der Waals surface area contributed by atoms with Crippen LogP contribution < -0.4 is 10.5 Å². The lowest BCUT2D eigenvalue weighted by Gasteiger charge is -2.20. The van der Waals surface area contributed by atoms with E-state index in [1.807, 2.05) is 30.3 Å². The topological polar surface area (TPSA) is 51.0 Å². The van der Waals surface area contributed by atoms with E-state index in [0.717, 1.165) is 17.0 Å². The summed E-state index contributed by atoms with van der Waals surface area (Å²) in [6.45, 7) is 2.59. The average molecular weight is 395 g/mol. The van der Waals surface area contributed by atoms with Gasteiger partial charge in [-0.1, -0.05) is 29.3 Å². The molecule has 5 nitrogen and oxygen atoms in total. The Hall–Kier alpha value is -1.89. The molecule has 0 unspecified atom stereocenters. The van der Waals surface area contributed by atoms with Crippen LogP contribution in [0.15, 0.2) is 40.8 Å². The van der Waals surface area contributed by atoms with Crippen LogP contribution in [-0.2, 0) is 6.42 Å². The standard InChI is InChI=1S/C17H16Cl2N4OS/c1-11-3-4-12(9-13(11)18)23-17(24)16(19)14(10-21-23)22(2)7-5-15-20-6-8-25-15/h3-4,6,8-10H,5,7H2,1-2H3. The van der Waals surface area contributed by atoms with Crippen LogP contribution in [0.5, 0.6) is 0 Å². The van der Waals surface area contributed by atoms with Crippen molar-refractivity contribution in [2.75, 3.05) is 18.5 Å². The molecule has 0 amide bonds. The Labute approximate surface area is 159 Å². The van der Waals surface area contributed by atoms with Gasteiger partial charge in [0.25, 0.3) is 5.56 Å². The maximum Gasteiger partial charge on any atom is 0.292 e. The second kappa shape index (κ2) is 7.56. The molecule has 0 spiro atoms. The van der Waals surface area contributed by atoms with Crippen molar-refractivity contribution >= 4 is 40.2 Å². The van der Waals surface area contributed by atoms with E-state index in [1.54, 1.807) is 35.9 Å². The summed E-state index contributed by atoms with van der Waals surface area (Å²) in [5.41, 5.74) is 1.74. The molecule has 25 heavy (non-hydrogen) atoms. The Bertz CT molecular complexity index is 940. The number of halogens is 2. The van der Waals surface area contributed by atoms with Gasteiger partial charge in [0, 0.05) is 36.6 Å². The van der Waals surface area contributed by atoms with Crippen molar-refractivity contribution in [2.45, 2.75) is 13.3 Å². The van der Waals surface area contributed by atoms with Gasteiger partial charge in [-0.25, -0.2) is 4.98 Å². The zero-order valence-corrected chi connectivity index (χ0v) is 16.1. The zero-order valence-electron chi connectivity index (χ0n) is 13.7. The molecule has 0 aliphatic heterocycles. The summed E-state index contributed by atoms with van der Waals surface area (Å²) < 4.78 is 1.26. The van der Waals surface area contributed by atoms with Crippen LogP contribution in [0.4, 0.5) is 5.69 Å². The van der Waals surface area contributed by atoms with Gasteiger partial charge in [-0.2, -0.15) is 9.78 Å². The Balaban J connectivity index is 1.87. The molecule has 1 aromatic carbocycles. The summed E-state index contributed by atoms with van der Waals surface area (Å²) >= 11 is 14.1. The maximum absolute atomic E-state index is 12.6. The fourth-order valence-electron chi connectivity index (χ4n) is 2.35. The summed E-state index contributed by atoms with van der Waals surface area (Å²) in [5, 5.41) is 7.94. The van der Waals surface area contributed by atoms with Crippen molar-refractivity contribution in [1.82, 2.24) is 14.8 Å². The molecule has 0 fully saturated rings. The molecule has 2 aromatic heterocycles. The number of hydrogen-bond acceptors (Lipinski definition) is 5. The van der Waals surface area contributed by atoms with E-state index in [2.05, 4.69) is 10.1 Å². The minimum absolute atomic E-state index is 0.133. The summed E-state index contributed by atoms with van der Waals surface area (Å²) in [6, 6.07) is 5.33. The van der Waals surface area contributed by atoms with Gasteiger partial charge in [0.05, 0.1) is 22.6 Å². The fraction of sp³-hybridized carbons (Fsp3) is 0.235. The first-order chi connectivity index (χ1) is 12.0. The summed E-state index contributed by atoms with van der Waals surface area (Å²) in [7, 11) is 1.88. The quantitative estimate of drug-likeness (QED) is 0.656. The highest BCUT2D eigenvalue weighted by atomic mass is 35.5. The predicted octanol–water partition coefficient (Wildman–Crippen LogP) is 3.98. The molecule has 0 saturated heterocycles. The molecular formula is C17H16Cl2N4OS. The third kappa shape index (κ3) is 3.86. The Kier molecular flexibility index (Phi) is 5.42. The van der Waals surface area contributed by atoms with Crippen molar-refractivity contribution in [1.29, 1.82) is 0 Å². The van der Waals surface area contributed by atoms with Gasteiger partial charge < -0.3 is 4.90 Å². The van der Waals surface area contributed by atoms with Crippen LogP contribution >= 0.6 is 34.5 Å². The molecule has 3 rings (SSSR count).